The van der Waals surface area contributed by atoms with Gasteiger partial charge >= 0.3 is 0 Å². The summed E-state index contributed by atoms with van der Waals surface area (Å²) in [5.74, 6) is 1.87. The van der Waals surface area contributed by atoms with Gasteiger partial charge in [0.2, 0.25) is 0 Å². The number of H-pyrrole nitrogens is 1. The van der Waals surface area contributed by atoms with Crippen molar-refractivity contribution >= 4 is 19.5 Å². The van der Waals surface area contributed by atoms with Crippen molar-refractivity contribution in [2.45, 2.75) is 0 Å². The van der Waals surface area contributed by atoms with E-state index >= 15 is 0 Å². The first-order valence-electron chi connectivity index (χ1n) is 3.44. The van der Waals surface area contributed by atoms with Crippen molar-refractivity contribution in [1.29, 1.82) is 0 Å². The van der Waals surface area contributed by atoms with Crippen LogP contribution in [0.4, 0.5) is 0 Å². The number of benzene rings is 1. The van der Waals surface area contributed by atoms with E-state index in [9.17, 15) is 4.79 Å². The summed E-state index contributed by atoms with van der Waals surface area (Å²) in [5.41, 5.74) is 0.0272. The number of hydrogen-bond acceptors (Lipinski definition) is 1. The molecule has 2 nitrogen and oxygen atoms in total. The number of aromatic nitrogens is 1. The van der Waals surface area contributed by atoms with E-state index in [0.29, 0.717) is 0 Å². The molecule has 2 aromatic rings. The van der Waals surface area contributed by atoms with Gasteiger partial charge in [0.1, 0.15) is 0 Å². The Morgan fingerprint density at radius 1 is 1.27 bits per heavy atom. The molecule has 1 aromatic carbocycles. The van der Waals surface area contributed by atoms with Crippen molar-refractivity contribution in [3.8, 4) is 0 Å². The van der Waals surface area contributed by atoms with Crippen LogP contribution in [-0.2, 0) is 0 Å². The van der Waals surface area contributed by atoms with Crippen molar-refractivity contribution in [1.82, 2.24) is 4.98 Å². The molecule has 0 aliphatic rings. The van der Waals surface area contributed by atoms with Gasteiger partial charge in [-0.05, 0) is 16.9 Å². The summed E-state index contributed by atoms with van der Waals surface area (Å²) in [6.45, 7) is 0. The fraction of sp³-hybridized carbons (Fsp3) is 0. The molecule has 0 aliphatic carbocycles. The molecule has 0 unspecified atom stereocenters. The van der Waals surface area contributed by atoms with E-state index in [2.05, 4.69) is 4.98 Å². The first-order chi connectivity index (χ1) is 5.38. The molecule has 2 rings (SSSR count). The maximum Gasteiger partial charge on any atom is 0.255 e. The first-order valence-corrected chi connectivity index (χ1v) is 4.69. The van der Waals surface area contributed by atoms with Gasteiger partial charge in [-0.3, -0.25) is 4.79 Å². The summed E-state index contributed by atoms with van der Waals surface area (Å²) >= 11 is 0. The highest BCUT2D eigenvalue weighted by Gasteiger charge is 1.92. The van der Waals surface area contributed by atoms with Gasteiger partial charge in [-0.25, -0.2) is 0 Å². The van der Waals surface area contributed by atoms with E-state index in [4.69, 9.17) is 0 Å². The van der Waals surface area contributed by atoms with Crippen LogP contribution in [0.2, 0.25) is 0 Å². The summed E-state index contributed by atoms with van der Waals surface area (Å²) < 4.78 is 0. The molecule has 0 spiro atoms. The summed E-state index contributed by atoms with van der Waals surface area (Å²) in [4.78, 5) is 15.1. The van der Waals surface area contributed by atoms with Crippen LogP contribution in [0.5, 0.6) is 0 Å². The van der Waals surface area contributed by atoms with E-state index in [1.54, 1.807) is 0 Å². The van der Waals surface area contributed by atoms with E-state index in [1.807, 2.05) is 30.1 Å². The zero-order valence-electron chi connectivity index (χ0n) is 5.87. The summed E-state index contributed by atoms with van der Waals surface area (Å²) in [7, 11) is 0.135. The third kappa shape index (κ3) is 1.03. The molecule has 0 bridgehead atoms. The van der Waals surface area contributed by atoms with Crippen molar-refractivity contribution in [2.75, 3.05) is 0 Å². The third-order valence-corrected chi connectivity index (χ3v) is 2.88. The van der Waals surface area contributed by atoms with E-state index in [-0.39, 0.29) is 14.7 Å². The summed E-state index contributed by atoms with van der Waals surface area (Å²) in [6, 6.07) is 7.74. The zero-order chi connectivity index (χ0) is 7.68. The molecule has 1 heterocycles. The number of hydrogen-bond donors (Lipinski definition) is 1. The minimum Gasteiger partial charge on any atom is -0.333 e. The fourth-order valence-corrected chi connectivity index (χ4v) is 2.18. The topological polar surface area (TPSA) is 32.9 Å². The molecule has 1 aromatic heterocycles. The highest BCUT2D eigenvalue weighted by atomic mass is 28.2. The molecular weight excluding hydrogens is 154 g/mol. The van der Waals surface area contributed by atoms with Crippen LogP contribution in [-0.4, -0.2) is 14.1 Å². The van der Waals surface area contributed by atoms with Gasteiger partial charge in [0.05, 0.1) is 9.12 Å². The van der Waals surface area contributed by atoms with Gasteiger partial charge in [0.25, 0.3) is 5.56 Å². The zero-order valence-corrected chi connectivity index (χ0v) is 7.03. The Morgan fingerprint density at radius 3 is 2.91 bits per heavy atom. The highest BCUT2D eigenvalue weighted by molar-refractivity contribution is 6.45. The maximum absolute atomic E-state index is 11.2. The standard InChI is InChI=1S/C8H7NOSi/c10-8-6-3-1-2-4-7(6)11-5-9-8/h1-5,11H,(H,9,10). The van der Waals surface area contributed by atoms with Crippen LogP contribution in [0, 0.1) is 0 Å². The Balaban J connectivity index is 3.03. The molecule has 0 radical (unpaired) electrons. The van der Waals surface area contributed by atoms with Crippen LogP contribution < -0.4 is 5.56 Å². The molecule has 1 N–H and O–H groups in total. The molecule has 11 heavy (non-hydrogen) atoms. The molecule has 0 fully saturated rings. The largest absolute Gasteiger partial charge is 0.333 e. The third-order valence-electron chi connectivity index (χ3n) is 1.68. The van der Waals surface area contributed by atoms with Crippen molar-refractivity contribution in [3.05, 3.63) is 40.4 Å². The SMILES string of the molecule is O=c1[nH]c[siH]c2ccccc12. The lowest BCUT2D eigenvalue weighted by molar-refractivity contribution is 1.31. The Kier molecular flexibility index (Phi) is 1.43. The van der Waals surface area contributed by atoms with E-state index in [0.717, 1.165) is 5.39 Å². The second-order valence-corrected chi connectivity index (χ2v) is 3.68. The van der Waals surface area contributed by atoms with Crippen LogP contribution in [0.3, 0.4) is 0 Å². The van der Waals surface area contributed by atoms with Crippen LogP contribution in [0.25, 0.3) is 10.4 Å². The summed E-state index contributed by atoms with van der Waals surface area (Å²) in [6.07, 6.45) is 0. The van der Waals surface area contributed by atoms with E-state index in [1.165, 1.54) is 5.00 Å². The summed E-state index contributed by atoms with van der Waals surface area (Å²) in [5, 5.41) is 0.838. The molecule has 0 saturated heterocycles. The van der Waals surface area contributed by atoms with Gasteiger partial charge in [-0.1, -0.05) is 18.2 Å². The molecule has 3 heteroatoms. The average Bonchev–Trinajstić information content (AvgIpc) is 2.06. The predicted octanol–water partition coefficient (Wildman–Crippen LogP) is 0.599. The molecule has 0 atom stereocenters. The molecule has 0 amide bonds. The first kappa shape index (κ1) is 6.48. The number of nitrogens with one attached hydrogen (secondary N) is 1. The molecule has 0 saturated carbocycles. The van der Waals surface area contributed by atoms with Crippen molar-refractivity contribution in [3.63, 3.8) is 0 Å². The molecule has 0 aliphatic heterocycles. The number of fused-ring (bicyclic) bond motifs is 1. The van der Waals surface area contributed by atoms with Gasteiger partial charge in [0.15, 0.2) is 0 Å². The monoisotopic (exact) mass is 161 g/mol. The van der Waals surface area contributed by atoms with Gasteiger partial charge in [0, 0.05) is 5.39 Å². The molecule has 54 valence electrons. The number of aromatic amines is 1. The fourth-order valence-electron chi connectivity index (χ4n) is 1.13. The van der Waals surface area contributed by atoms with Gasteiger partial charge < -0.3 is 4.98 Å². The minimum atomic E-state index is 0.0272. The van der Waals surface area contributed by atoms with Crippen molar-refractivity contribution in [2.24, 2.45) is 0 Å². The highest BCUT2D eigenvalue weighted by Crippen LogP contribution is 2.01. The van der Waals surface area contributed by atoms with Gasteiger partial charge in [-0.2, -0.15) is 0 Å². The Hall–Kier alpha value is -1.22. The quantitative estimate of drug-likeness (QED) is 0.564. The predicted molar refractivity (Wildman–Crippen MR) is 47.3 cm³/mol. The smallest absolute Gasteiger partial charge is 0.255 e. The second-order valence-electron chi connectivity index (χ2n) is 2.39. The number of rotatable bonds is 0. The normalized spacial score (nSPS) is 10.2. The van der Waals surface area contributed by atoms with E-state index < -0.39 is 0 Å². The minimum absolute atomic E-state index is 0.0272. The van der Waals surface area contributed by atoms with Crippen LogP contribution in [0.1, 0.15) is 0 Å². The molecular formula is C8H7NOSi. The van der Waals surface area contributed by atoms with Gasteiger partial charge in [-0.15, -0.1) is 0 Å². The lowest BCUT2D eigenvalue weighted by Crippen LogP contribution is -2.05. The Bertz CT molecular complexity index is 430. The van der Waals surface area contributed by atoms with Crippen LogP contribution in [0.15, 0.2) is 34.9 Å². The Morgan fingerprint density at radius 2 is 2.09 bits per heavy atom. The lowest BCUT2D eigenvalue weighted by atomic mass is 10.3. The Labute approximate surface area is 65.6 Å². The second kappa shape index (κ2) is 2.43. The average molecular weight is 161 g/mol. The van der Waals surface area contributed by atoms with Crippen molar-refractivity contribution < 1.29 is 0 Å². The van der Waals surface area contributed by atoms with Crippen LogP contribution >= 0.6 is 0 Å². The lowest BCUT2D eigenvalue weighted by Gasteiger charge is -1.92. The maximum atomic E-state index is 11.2.